The molecule has 0 saturated heterocycles. The number of rotatable bonds is 1. The Labute approximate surface area is 102 Å². The van der Waals surface area contributed by atoms with Gasteiger partial charge >= 0.3 is 0 Å². The molecule has 2 nitrogen and oxygen atoms in total. The minimum Gasteiger partial charge on any atom is -0.329 e. The molecule has 1 aliphatic rings. The topological polar surface area (TPSA) is 29.3 Å². The van der Waals surface area contributed by atoms with E-state index >= 15 is 0 Å². The third kappa shape index (κ3) is 1.86. The van der Waals surface area contributed by atoms with E-state index in [2.05, 4.69) is 31.7 Å². The molecule has 88 valence electrons. The first-order valence-electron chi connectivity index (χ1n) is 5.69. The standard InChI is InChI=1S/C13H19ClN2/c1-13(2,3)16-8-10-9(12(16)7-15)5-4-6-11(10)14/h4-6,12H,7-8,15H2,1-3H3. The van der Waals surface area contributed by atoms with Crippen LogP contribution in [-0.4, -0.2) is 17.0 Å². The third-order valence-electron chi connectivity index (χ3n) is 3.30. The lowest BCUT2D eigenvalue weighted by Crippen LogP contribution is -2.42. The van der Waals surface area contributed by atoms with E-state index in [1.165, 1.54) is 11.1 Å². The molecule has 0 spiro atoms. The van der Waals surface area contributed by atoms with Crippen LogP contribution in [-0.2, 0) is 6.54 Å². The molecule has 2 N–H and O–H groups in total. The lowest BCUT2D eigenvalue weighted by atomic mass is 10.0. The number of halogens is 1. The Morgan fingerprint density at radius 2 is 2.12 bits per heavy atom. The molecule has 1 atom stereocenters. The number of benzene rings is 1. The number of fused-ring (bicyclic) bond motifs is 1. The molecule has 16 heavy (non-hydrogen) atoms. The van der Waals surface area contributed by atoms with Crippen molar-refractivity contribution in [1.82, 2.24) is 4.90 Å². The molecule has 1 aliphatic heterocycles. The molecule has 3 heteroatoms. The molecule has 1 aromatic carbocycles. The van der Waals surface area contributed by atoms with E-state index in [0.29, 0.717) is 12.6 Å². The van der Waals surface area contributed by atoms with E-state index in [-0.39, 0.29) is 5.54 Å². The van der Waals surface area contributed by atoms with Gasteiger partial charge in [-0.2, -0.15) is 0 Å². The molecule has 0 aliphatic carbocycles. The zero-order chi connectivity index (χ0) is 11.9. The molecule has 0 saturated carbocycles. The zero-order valence-electron chi connectivity index (χ0n) is 10.1. The van der Waals surface area contributed by atoms with Gasteiger partial charge in [0.1, 0.15) is 0 Å². The number of hydrogen-bond acceptors (Lipinski definition) is 2. The van der Waals surface area contributed by atoms with Gasteiger partial charge in [-0.1, -0.05) is 23.7 Å². The van der Waals surface area contributed by atoms with Gasteiger partial charge in [0.2, 0.25) is 0 Å². The Morgan fingerprint density at radius 1 is 1.44 bits per heavy atom. The van der Waals surface area contributed by atoms with Crippen molar-refractivity contribution in [1.29, 1.82) is 0 Å². The summed E-state index contributed by atoms with van der Waals surface area (Å²) in [7, 11) is 0. The Hall–Kier alpha value is -0.570. The molecule has 0 bridgehead atoms. The molecule has 0 fully saturated rings. The Balaban J connectivity index is 2.44. The van der Waals surface area contributed by atoms with Crippen LogP contribution in [0.5, 0.6) is 0 Å². The van der Waals surface area contributed by atoms with Gasteiger partial charge < -0.3 is 5.73 Å². The summed E-state index contributed by atoms with van der Waals surface area (Å²) in [5.41, 5.74) is 8.56. The normalized spacial score (nSPS) is 21.2. The maximum absolute atomic E-state index is 6.24. The van der Waals surface area contributed by atoms with Crippen molar-refractivity contribution in [3.8, 4) is 0 Å². The second kappa shape index (κ2) is 4.02. The summed E-state index contributed by atoms with van der Waals surface area (Å²) in [5, 5.41) is 0.864. The van der Waals surface area contributed by atoms with Crippen LogP contribution in [0.4, 0.5) is 0 Å². The van der Waals surface area contributed by atoms with Crippen LogP contribution >= 0.6 is 11.6 Å². The molecule has 0 radical (unpaired) electrons. The first-order valence-corrected chi connectivity index (χ1v) is 6.07. The average Bonchev–Trinajstić information content (AvgIpc) is 2.57. The largest absolute Gasteiger partial charge is 0.329 e. The van der Waals surface area contributed by atoms with E-state index in [1.54, 1.807) is 0 Å². The van der Waals surface area contributed by atoms with Gasteiger partial charge in [-0.25, -0.2) is 0 Å². The number of nitrogens with two attached hydrogens (primary N) is 1. The Morgan fingerprint density at radius 3 is 2.69 bits per heavy atom. The van der Waals surface area contributed by atoms with Crippen molar-refractivity contribution in [3.63, 3.8) is 0 Å². The molecular weight excluding hydrogens is 220 g/mol. The van der Waals surface area contributed by atoms with E-state index in [9.17, 15) is 0 Å². The summed E-state index contributed by atoms with van der Waals surface area (Å²) in [6.07, 6.45) is 0. The molecule has 1 unspecified atom stereocenters. The van der Waals surface area contributed by atoms with Gasteiger partial charge in [-0.05, 0) is 38.0 Å². The van der Waals surface area contributed by atoms with Gasteiger partial charge in [0, 0.05) is 29.7 Å². The molecular formula is C13H19ClN2. The van der Waals surface area contributed by atoms with Gasteiger partial charge in [-0.15, -0.1) is 0 Å². The second-order valence-corrected chi connectivity index (χ2v) is 5.77. The predicted molar refractivity (Wildman–Crippen MR) is 68.5 cm³/mol. The van der Waals surface area contributed by atoms with Crippen LogP contribution in [0.3, 0.4) is 0 Å². The summed E-state index contributed by atoms with van der Waals surface area (Å²) < 4.78 is 0. The zero-order valence-corrected chi connectivity index (χ0v) is 10.9. The monoisotopic (exact) mass is 238 g/mol. The summed E-state index contributed by atoms with van der Waals surface area (Å²) >= 11 is 6.24. The van der Waals surface area contributed by atoms with Gasteiger partial charge in [0.05, 0.1) is 0 Å². The molecule has 0 aromatic heterocycles. The van der Waals surface area contributed by atoms with Crippen LogP contribution in [0.1, 0.15) is 37.9 Å². The molecule has 0 amide bonds. The second-order valence-electron chi connectivity index (χ2n) is 5.36. The van der Waals surface area contributed by atoms with Crippen molar-refractivity contribution >= 4 is 11.6 Å². The Kier molecular flexibility index (Phi) is 2.99. The quantitative estimate of drug-likeness (QED) is 0.815. The van der Waals surface area contributed by atoms with Gasteiger partial charge in [0.15, 0.2) is 0 Å². The van der Waals surface area contributed by atoms with Crippen LogP contribution in [0.15, 0.2) is 18.2 Å². The third-order valence-corrected chi connectivity index (χ3v) is 3.66. The van der Waals surface area contributed by atoms with Gasteiger partial charge in [-0.3, -0.25) is 4.90 Å². The fraction of sp³-hybridized carbons (Fsp3) is 0.538. The first-order chi connectivity index (χ1) is 7.45. The van der Waals surface area contributed by atoms with Crippen molar-refractivity contribution in [2.24, 2.45) is 5.73 Å². The van der Waals surface area contributed by atoms with Crippen LogP contribution in [0, 0.1) is 0 Å². The molecule has 1 heterocycles. The molecule has 1 aromatic rings. The van der Waals surface area contributed by atoms with Crippen LogP contribution in [0.2, 0.25) is 5.02 Å². The first kappa shape index (κ1) is 11.9. The maximum Gasteiger partial charge on any atom is 0.0482 e. The van der Waals surface area contributed by atoms with Crippen molar-refractivity contribution in [2.45, 2.75) is 38.9 Å². The fourth-order valence-corrected chi connectivity index (χ4v) is 2.70. The lowest BCUT2D eigenvalue weighted by molar-refractivity contribution is 0.0949. The number of nitrogens with zero attached hydrogens (tertiary/aromatic N) is 1. The average molecular weight is 239 g/mol. The summed E-state index contributed by atoms with van der Waals surface area (Å²) in [4.78, 5) is 2.42. The van der Waals surface area contributed by atoms with E-state index < -0.39 is 0 Å². The summed E-state index contributed by atoms with van der Waals surface area (Å²) in [6.45, 7) is 8.20. The van der Waals surface area contributed by atoms with Crippen molar-refractivity contribution < 1.29 is 0 Å². The van der Waals surface area contributed by atoms with Gasteiger partial charge in [0.25, 0.3) is 0 Å². The summed E-state index contributed by atoms with van der Waals surface area (Å²) in [5.74, 6) is 0. The highest BCUT2D eigenvalue weighted by atomic mass is 35.5. The smallest absolute Gasteiger partial charge is 0.0482 e. The van der Waals surface area contributed by atoms with Crippen LogP contribution in [0.25, 0.3) is 0 Å². The lowest BCUT2D eigenvalue weighted by Gasteiger charge is -2.36. The predicted octanol–water partition coefficient (Wildman–Crippen LogP) is 2.95. The maximum atomic E-state index is 6.24. The van der Waals surface area contributed by atoms with E-state index in [0.717, 1.165) is 11.6 Å². The van der Waals surface area contributed by atoms with E-state index in [4.69, 9.17) is 17.3 Å². The summed E-state index contributed by atoms with van der Waals surface area (Å²) in [6, 6.07) is 6.41. The highest BCUT2D eigenvalue weighted by Crippen LogP contribution is 2.40. The highest BCUT2D eigenvalue weighted by Gasteiger charge is 2.36. The molecule has 2 rings (SSSR count). The minimum absolute atomic E-state index is 0.117. The van der Waals surface area contributed by atoms with Crippen molar-refractivity contribution in [3.05, 3.63) is 34.3 Å². The minimum atomic E-state index is 0.117. The Bertz CT molecular complexity index is 395. The highest BCUT2D eigenvalue weighted by molar-refractivity contribution is 6.31. The number of hydrogen-bond donors (Lipinski definition) is 1. The fourth-order valence-electron chi connectivity index (χ4n) is 2.46. The van der Waals surface area contributed by atoms with Crippen molar-refractivity contribution in [2.75, 3.05) is 6.54 Å². The SMILES string of the molecule is CC(C)(C)N1Cc2c(Cl)cccc2C1CN. The van der Waals surface area contributed by atoms with E-state index in [1.807, 2.05) is 12.1 Å². The van der Waals surface area contributed by atoms with Crippen LogP contribution < -0.4 is 5.73 Å².